The maximum absolute atomic E-state index is 12.1. The molecule has 0 saturated carbocycles. The lowest BCUT2D eigenvalue weighted by molar-refractivity contribution is 0.262. The molecule has 0 fully saturated rings. The first-order valence-electron chi connectivity index (χ1n) is 7.34. The van der Waals surface area contributed by atoms with Crippen LogP contribution in [0.4, 0.5) is 16.2 Å². The topological polar surface area (TPSA) is 100 Å². The Kier molecular flexibility index (Phi) is 4.62. The van der Waals surface area contributed by atoms with Crippen LogP contribution in [-0.2, 0) is 0 Å². The standard InChI is InChI=1S/C18H14N4O3/c1-24-16-8-14(5-6-15(16)17-10-20-11-25-17)22-18(23)21-13-4-2-3-12(7-13)9-19/h2-8,10-11H,1H3,(H2,21,22,23). The summed E-state index contributed by atoms with van der Waals surface area (Å²) < 4.78 is 10.6. The quantitative estimate of drug-likeness (QED) is 0.754. The molecule has 2 N–H and O–H groups in total. The minimum Gasteiger partial charge on any atom is -0.496 e. The van der Waals surface area contributed by atoms with Crippen LogP contribution in [0.25, 0.3) is 11.3 Å². The number of benzene rings is 2. The summed E-state index contributed by atoms with van der Waals surface area (Å²) in [6.45, 7) is 0. The van der Waals surface area contributed by atoms with Crippen molar-refractivity contribution in [1.29, 1.82) is 5.26 Å². The average Bonchev–Trinajstić information content (AvgIpc) is 3.16. The number of ether oxygens (including phenoxy) is 1. The third-order valence-electron chi connectivity index (χ3n) is 3.41. The molecule has 3 aromatic rings. The van der Waals surface area contributed by atoms with Gasteiger partial charge in [-0.05, 0) is 30.3 Å². The first-order chi connectivity index (χ1) is 12.2. The summed E-state index contributed by atoms with van der Waals surface area (Å²) in [6, 6.07) is 13.4. The Morgan fingerprint density at radius 3 is 2.68 bits per heavy atom. The molecule has 2 amide bonds. The van der Waals surface area contributed by atoms with E-state index < -0.39 is 6.03 Å². The molecule has 0 aliphatic heterocycles. The Morgan fingerprint density at radius 2 is 2.00 bits per heavy atom. The summed E-state index contributed by atoms with van der Waals surface area (Å²) in [5.74, 6) is 1.11. The van der Waals surface area contributed by atoms with E-state index in [0.29, 0.717) is 28.4 Å². The number of nitrogens with zero attached hydrogens (tertiary/aromatic N) is 2. The average molecular weight is 334 g/mol. The lowest BCUT2D eigenvalue weighted by Crippen LogP contribution is -2.19. The summed E-state index contributed by atoms with van der Waals surface area (Å²) >= 11 is 0. The molecule has 0 unspecified atom stereocenters. The van der Waals surface area contributed by atoms with Crippen LogP contribution in [0.2, 0.25) is 0 Å². The van der Waals surface area contributed by atoms with Crippen LogP contribution in [0.5, 0.6) is 5.75 Å². The number of amides is 2. The van der Waals surface area contributed by atoms with Gasteiger partial charge in [0.1, 0.15) is 5.75 Å². The highest BCUT2D eigenvalue weighted by molar-refractivity contribution is 6.00. The number of nitrogens with one attached hydrogen (secondary N) is 2. The first kappa shape index (κ1) is 16.1. The molecule has 0 atom stereocenters. The van der Waals surface area contributed by atoms with Gasteiger partial charge in [-0.3, -0.25) is 0 Å². The Morgan fingerprint density at radius 1 is 1.20 bits per heavy atom. The second-order valence-electron chi connectivity index (χ2n) is 5.05. The number of carbonyl (C=O) groups excluding carboxylic acids is 1. The Balaban J connectivity index is 1.74. The third kappa shape index (κ3) is 3.76. The molecule has 124 valence electrons. The van der Waals surface area contributed by atoms with Gasteiger partial charge < -0.3 is 19.8 Å². The third-order valence-corrected chi connectivity index (χ3v) is 3.41. The van der Waals surface area contributed by atoms with Gasteiger partial charge in [-0.25, -0.2) is 9.78 Å². The summed E-state index contributed by atoms with van der Waals surface area (Å²) in [5, 5.41) is 14.3. The van der Waals surface area contributed by atoms with Crippen LogP contribution < -0.4 is 15.4 Å². The SMILES string of the molecule is COc1cc(NC(=O)Nc2cccc(C#N)c2)ccc1-c1cnco1. The molecule has 25 heavy (non-hydrogen) atoms. The maximum Gasteiger partial charge on any atom is 0.323 e. The number of methoxy groups -OCH3 is 1. The second kappa shape index (κ2) is 7.19. The molecule has 3 rings (SSSR count). The number of hydrogen-bond donors (Lipinski definition) is 2. The van der Waals surface area contributed by atoms with Crippen LogP contribution >= 0.6 is 0 Å². The van der Waals surface area contributed by atoms with E-state index in [1.165, 1.54) is 13.5 Å². The van der Waals surface area contributed by atoms with E-state index in [1.54, 1.807) is 48.7 Å². The number of rotatable bonds is 4. The summed E-state index contributed by atoms with van der Waals surface area (Å²) in [4.78, 5) is 16.0. The Hall–Kier alpha value is -3.79. The van der Waals surface area contributed by atoms with Crippen molar-refractivity contribution in [3.8, 4) is 23.1 Å². The van der Waals surface area contributed by atoms with Gasteiger partial charge in [0.15, 0.2) is 12.2 Å². The van der Waals surface area contributed by atoms with E-state index in [-0.39, 0.29) is 0 Å². The van der Waals surface area contributed by atoms with Crippen molar-refractivity contribution in [1.82, 2.24) is 4.98 Å². The minimum atomic E-state index is -0.426. The molecule has 0 aliphatic rings. The largest absolute Gasteiger partial charge is 0.496 e. The lowest BCUT2D eigenvalue weighted by Gasteiger charge is -2.11. The number of hydrogen-bond acceptors (Lipinski definition) is 5. The Bertz CT molecular complexity index is 930. The molecule has 0 aliphatic carbocycles. The van der Waals surface area contributed by atoms with Crippen molar-refractivity contribution in [3.05, 3.63) is 60.6 Å². The van der Waals surface area contributed by atoms with Crippen LogP contribution in [0.1, 0.15) is 5.56 Å². The summed E-state index contributed by atoms with van der Waals surface area (Å²) in [5.41, 5.74) is 2.28. The van der Waals surface area contributed by atoms with Crippen molar-refractivity contribution in [2.45, 2.75) is 0 Å². The number of carbonyl (C=O) groups is 1. The van der Waals surface area contributed by atoms with Crippen LogP contribution in [0.3, 0.4) is 0 Å². The van der Waals surface area contributed by atoms with Crippen molar-refractivity contribution < 1.29 is 13.9 Å². The zero-order valence-electron chi connectivity index (χ0n) is 13.3. The molecule has 7 nitrogen and oxygen atoms in total. The normalized spacial score (nSPS) is 9.92. The number of nitriles is 1. The summed E-state index contributed by atoms with van der Waals surface area (Å²) in [6.07, 6.45) is 2.92. The van der Waals surface area contributed by atoms with Crippen molar-refractivity contribution in [2.75, 3.05) is 17.7 Å². The molecule has 1 aromatic heterocycles. The number of aromatic nitrogens is 1. The van der Waals surface area contributed by atoms with E-state index in [0.717, 1.165) is 5.56 Å². The highest BCUT2D eigenvalue weighted by atomic mass is 16.5. The molecular formula is C18H14N4O3. The lowest BCUT2D eigenvalue weighted by atomic mass is 10.1. The number of anilines is 2. The molecule has 0 bridgehead atoms. The van der Waals surface area contributed by atoms with Gasteiger partial charge in [0.05, 0.1) is 30.5 Å². The van der Waals surface area contributed by atoms with Gasteiger partial charge in [0.25, 0.3) is 0 Å². The monoisotopic (exact) mass is 334 g/mol. The molecular weight excluding hydrogens is 320 g/mol. The van der Waals surface area contributed by atoms with E-state index in [1.807, 2.05) is 6.07 Å². The van der Waals surface area contributed by atoms with E-state index in [2.05, 4.69) is 15.6 Å². The van der Waals surface area contributed by atoms with Crippen molar-refractivity contribution >= 4 is 17.4 Å². The smallest absolute Gasteiger partial charge is 0.323 e. The molecule has 7 heteroatoms. The van der Waals surface area contributed by atoms with Gasteiger partial charge in [-0.1, -0.05) is 6.07 Å². The molecule has 0 saturated heterocycles. The second-order valence-corrected chi connectivity index (χ2v) is 5.05. The highest BCUT2D eigenvalue weighted by Gasteiger charge is 2.11. The van der Waals surface area contributed by atoms with E-state index in [9.17, 15) is 4.79 Å². The van der Waals surface area contributed by atoms with Gasteiger partial charge >= 0.3 is 6.03 Å². The van der Waals surface area contributed by atoms with Gasteiger partial charge in [-0.15, -0.1) is 0 Å². The Labute approximate surface area is 143 Å². The number of urea groups is 1. The zero-order chi connectivity index (χ0) is 17.6. The predicted molar refractivity (Wildman–Crippen MR) is 92.3 cm³/mol. The fourth-order valence-electron chi connectivity index (χ4n) is 2.28. The highest BCUT2D eigenvalue weighted by Crippen LogP contribution is 2.32. The van der Waals surface area contributed by atoms with Crippen molar-refractivity contribution in [3.63, 3.8) is 0 Å². The van der Waals surface area contributed by atoms with E-state index >= 15 is 0 Å². The first-order valence-corrected chi connectivity index (χ1v) is 7.34. The predicted octanol–water partition coefficient (Wildman–Crippen LogP) is 3.87. The van der Waals surface area contributed by atoms with Gasteiger partial charge in [-0.2, -0.15) is 5.26 Å². The van der Waals surface area contributed by atoms with Crippen LogP contribution in [0, 0.1) is 11.3 Å². The van der Waals surface area contributed by atoms with Crippen LogP contribution in [-0.4, -0.2) is 18.1 Å². The fourth-order valence-corrected chi connectivity index (χ4v) is 2.28. The van der Waals surface area contributed by atoms with Crippen molar-refractivity contribution in [2.24, 2.45) is 0 Å². The minimum absolute atomic E-state index is 0.426. The fraction of sp³-hybridized carbons (Fsp3) is 0.0556. The zero-order valence-corrected chi connectivity index (χ0v) is 13.3. The van der Waals surface area contributed by atoms with Crippen LogP contribution in [0.15, 0.2) is 59.5 Å². The molecule has 2 aromatic carbocycles. The van der Waals surface area contributed by atoms with Gasteiger partial charge in [0, 0.05) is 17.4 Å². The molecule has 1 heterocycles. The summed E-state index contributed by atoms with van der Waals surface area (Å²) in [7, 11) is 1.53. The van der Waals surface area contributed by atoms with Gasteiger partial charge in [0.2, 0.25) is 0 Å². The molecule has 0 spiro atoms. The molecule has 0 radical (unpaired) electrons. The van der Waals surface area contributed by atoms with E-state index in [4.69, 9.17) is 14.4 Å². The number of oxazole rings is 1. The maximum atomic E-state index is 12.1.